The number of benzene rings is 1. The minimum atomic E-state index is 0.610. The highest BCUT2D eigenvalue weighted by molar-refractivity contribution is 5.47. The van der Waals surface area contributed by atoms with Crippen LogP contribution in [0.3, 0.4) is 0 Å². The molecular formula is C17H28N2O2. The van der Waals surface area contributed by atoms with Crippen LogP contribution < -0.4 is 15.2 Å². The predicted octanol–water partition coefficient (Wildman–Crippen LogP) is 2.43. The minimum Gasteiger partial charge on any atom is -0.493 e. The van der Waals surface area contributed by atoms with Crippen molar-refractivity contribution in [2.75, 3.05) is 33.9 Å². The summed E-state index contributed by atoms with van der Waals surface area (Å²) in [4.78, 5) is 2.51. The average Bonchev–Trinajstić information content (AvgIpc) is 2.50. The lowest BCUT2D eigenvalue weighted by Gasteiger charge is -2.36. The summed E-state index contributed by atoms with van der Waals surface area (Å²) in [6.45, 7) is 8.41. The molecule has 0 saturated carbocycles. The highest BCUT2D eigenvalue weighted by Crippen LogP contribution is 2.32. The van der Waals surface area contributed by atoms with Crippen LogP contribution >= 0.6 is 0 Å². The third kappa shape index (κ3) is 3.69. The van der Waals surface area contributed by atoms with Crippen molar-refractivity contribution in [3.8, 4) is 11.5 Å². The molecule has 1 aliphatic rings. The molecule has 4 heteroatoms. The van der Waals surface area contributed by atoms with Gasteiger partial charge in [-0.3, -0.25) is 4.90 Å². The zero-order valence-corrected chi connectivity index (χ0v) is 13.7. The Balaban J connectivity index is 2.12. The van der Waals surface area contributed by atoms with Gasteiger partial charge in [-0.05, 0) is 61.5 Å². The maximum Gasteiger partial charge on any atom is 0.161 e. The van der Waals surface area contributed by atoms with Crippen LogP contribution in [-0.2, 0) is 6.54 Å². The molecule has 118 valence electrons. The normalized spacial score (nSPS) is 23.1. The Morgan fingerprint density at radius 1 is 1.24 bits per heavy atom. The van der Waals surface area contributed by atoms with Gasteiger partial charge in [0.25, 0.3) is 0 Å². The fourth-order valence-corrected chi connectivity index (χ4v) is 3.11. The van der Waals surface area contributed by atoms with E-state index in [2.05, 4.69) is 30.9 Å². The van der Waals surface area contributed by atoms with Gasteiger partial charge in [0, 0.05) is 13.1 Å². The van der Waals surface area contributed by atoms with E-state index in [-0.39, 0.29) is 0 Å². The standard InChI is InChI=1S/C17H28N2O2/c1-12-5-6-19(11-15(12)9-18)10-14-8-17(21-4)16(20-3)7-13(14)2/h7-8,12,15H,5-6,9-11,18H2,1-4H3. The SMILES string of the molecule is COc1cc(C)c(CN2CCC(C)C(CN)C2)cc1OC. The van der Waals surface area contributed by atoms with Gasteiger partial charge in [-0.15, -0.1) is 0 Å². The van der Waals surface area contributed by atoms with Gasteiger partial charge in [-0.25, -0.2) is 0 Å². The topological polar surface area (TPSA) is 47.7 Å². The Hall–Kier alpha value is -1.26. The van der Waals surface area contributed by atoms with Crippen molar-refractivity contribution in [2.24, 2.45) is 17.6 Å². The summed E-state index contributed by atoms with van der Waals surface area (Å²) in [7, 11) is 3.36. The molecule has 1 saturated heterocycles. The van der Waals surface area contributed by atoms with Crippen LogP contribution in [0.1, 0.15) is 24.5 Å². The average molecular weight is 292 g/mol. The molecule has 0 aromatic heterocycles. The summed E-state index contributed by atoms with van der Waals surface area (Å²) >= 11 is 0. The summed E-state index contributed by atoms with van der Waals surface area (Å²) in [6.07, 6.45) is 1.23. The molecule has 1 aliphatic heterocycles. The van der Waals surface area contributed by atoms with E-state index >= 15 is 0 Å². The first-order valence-corrected chi connectivity index (χ1v) is 7.73. The van der Waals surface area contributed by atoms with Crippen molar-refractivity contribution in [3.63, 3.8) is 0 Å². The number of nitrogens with two attached hydrogens (primary N) is 1. The van der Waals surface area contributed by atoms with Crippen molar-refractivity contribution in [1.29, 1.82) is 0 Å². The number of rotatable bonds is 5. The maximum absolute atomic E-state index is 5.90. The van der Waals surface area contributed by atoms with Gasteiger partial charge in [0.1, 0.15) is 0 Å². The first-order chi connectivity index (χ1) is 10.1. The molecular weight excluding hydrogens is 264 g/mol. The number of methoxy groups -OCH3 is 2. The van der Waals surface area contributed by atoms with Crippen molar-refractivity contribution in [2.45, 2.75) is 26.8 Å². The molecule has 0 bridgehead atoms. The Morgan fingerprint density at radius 2 is 1.90 bits per heavy atom. The Morgan fingerprint density at radius 3 is 2.52 bits per heavy atom. The molecule has 0 radical (unpaired) electrons. The molecule has 1 fully saturated rings. The van der Waals surface area contributed by atoms with E-state index in [1.54, 1.807) is 14.2 Å². The van der Waals surface area contributed by atoms with Gasteiger partial charge in [-0.1, -0.05) is 6.92 Å². The van der Waals surface area contributed by atoms with Crippen LogP contribution in [0, 0.1) is 18.8 Å². The molecule has 0 amide bonds. The number of hydrogen-bond acceptors (Lipinski definition) is 4. The number of likely N-dealkylation sites (tertiary alicyclic amines) is 1. The van der Waals surface area contributed by atoms with Crippen LogP contribution in [0.5, 0.6) is 11.5 Å². The quantitative estimate of drug-likeness (QED) is 0.905. The highest BCUT2D eigenvalue weighted by atomic mass is 16.5. The van der Waals surface area contributed by atoms with Crippen LogP contribution in [0.4, 0.5) is 0 Å². The van der Waals surface area contributed by atoms with E-state index in [1.165, 1.54) is 17.5 Å². The Labute approximate surface area is 128 Å². The zero-order valence-electron chi connectivity index (χ0n) is 13.7. The molecule has 4 nitrogen and oxygen atoms in total. The summed E-state index contributed by atoms with van der Waals surface area (Å²) < 4.78 is 10.8. The van der Waals surface area contributed by atoms with Gasteiger partial charge in [0.2, 0.25) is 0 Å². The fourth-order valence-electron chi connectivity index (χ4n) is 3.11. The molecule has 1 aromatic rings. The van der Waals surface area contributed by atoms with Gasteiger partial charge >= 0.3 is 0 Å². The molecule has 2 atom stereocenters. The number of piperidine rings is 1. The highest BCUT2D eigenvalue weighted by Gasteiger charge is 2.25. The van der Waals surface area contributed by atoms with E-state index in [9.17, 15) is 0 Å². The van der Waals surface area contributed by atoms with E-state index in [0.717, 1.165) is 43.6 Å². The Kier molecular flexibility index (Phi) is 5.48. The largest absolute Gasteiger partial charge is 0.493 e. The second-order valence-electron chi connectivity index (χ2n) is 6.13. The number of aryl methyl sites for hydroxylation is 1. The lowest BCUT2D eigenvalue weighted by atomic mass is 9.87. The van der Waals surface area contributed by atoms with Crippen LogP contribution in [0.25, 0.3) is 0 Å². The molecule has 1 heterocycles. The minimum absolute atomic E-state index is 0.610. The first kappa shape index (κ1) is 16.1. The second-order valence-corrected chi connectivity index (χ2v) is 6.13. The zero-order chi connectivity index (χ0) is 15.4. The number of ether oxygens (including phenoxy) is 2. The molecule has 2 N–H and O–H groups in total. The number of nitrogens with zero attached hydrogens (tertiary/aromatic N) is 1. The van der Waals surface area contributed by atoms with Gasteiger partial charge < -0.3 is 15.2 Å². The maximum atomic E-state index is 5.90. The second kappa shape index (κ2) is 7.14. The fraction of sp³-hybridized carbons (Fsp3) is 0.647. The van der Waals surface area contributed by atoms with Gasteiger partial charge in [0.05, 0.1) is 14.2 Å². The van der Waals surface area contributed by atoms with Crippen molar-refractivity contribution < 1.29 is 9.47 Å². The lowest BCUT2D eigenvalue weighted by molar-refractivity contribution is 0.126. The monoisotopic (exact) mass is 292 g/mol. The smallest absolute Gasteiger partial charge is 0.161 e. The van der Waals surface area contributed by atoms with Crippen LogP contribution in [0.2, 0.25) is 0 Å². The molecule has 0 aliphatic carbocycles. The van der Waals surface area contributed by atoms with E-state index in [4.69, 9.17) is 15.2 Å². The van der Waals surface area contributed by atoms with Crippen LogP contribution in [-0.4, -0.2) is 38.8 Å². The molecule has 2 rings (SSSR count). The van der Waals surface area contributed by atoms with E-state index in [1.807, 2.05) is 0 Å². The van der Waals surface area contributed by atoms with E-state index < -0.39 is 0 Å². The van der Waals surface area contributed by atoms with Crippen LogP contribution in [0.15, 0.2) is 12.1 Å². The van der Waals surface area contributed by atoms with Gasteiger partial charge in [0.15, 0.2) is 11.5 Å². The van der Waals surface area contributed by atoms with E-state index in [0.29, 0.717) is 5.92 Å². The Bertz CT molecular complexity index is 476. The van der Waals surface area contributed by atoms with Crippen molar-refractivity contribution in [3.05, 3.63) is 23.3 Å². The first-order valence-electron chi connectivity index (χ1n) is 7.73. The summed E-state index contributed by atoms with van der Waals surface area (Å²) in [5, 5.41) is 0. The van der Waals surface area contributed by atoms with Crippen molar-refractivity contribution >= 4 is 0 Å². The lowest BCUT2D eigenvalue weighted by Crippen LogP contribution is -2.42. The third-order valence-corrected chi connectivity index (χ3v) is 4.74. The summed E-state index contributed by atoms with van der Waals surface area (Å²) in [5.74, 6) is 2.95. The molecule has 1 aromatic carbocycles. The molecule has 21 heavy (non-hydrogen) atoms. The predicted molar refractivity (Wildman–Crippen MR) is 85.9 cm³/mol. The third-order valence-electron chi connectivity index (χ3n) is 4.74. The molecule has 0 spiro atoms. The summed E-state index contributed by atoms with van der Waals surface area (Å²) in [6, 6.07) is 4.16. The van der Waals surface area contributed by atoms with Gasteiger partial charge in [-0.2, -0.15) is 0 Å². The summed E-state index contributed by atoms with van der Waals surface area (Å²) in [5.41, 5.74) is 8.45. The molecule has 2 unspecified atom stereocenters. The van der Waals surface area contributed by atoms with Crippen molar-refractivity contribution in [1.82, 2.24) is 4.90 Å². The number of hydrogen-bond donors (Lipinski definition) is 1.